The third kappa shape index (κ3) is 3.37. The van der Waals surface area contributed by atoms with E-state index in [1.165, 1.54) is 23.3 Å². The topological polar surface area (TPSA) is 145 Å². The second kappa shape index (κ2) is 7.70. The molecule has 1 fully saturated rings. The molecular weight excluding hydrogens is 414 g/mol. The average Bonchev–Trinajstić information content (AvgIpc) is 3.48. The Bertz CT molecular complexity index is 1280. The third-order valence-corrected chi connectivity index (χ3v) is 5.47. The number of benzene rings is 1. The molecular formula is C21H21N7O4. The molecule has 11 heteroatoms. The maximum atomic E-state index is 13.3. The zero-order valence-corrected chi connectivity index (χ0v) is 17.3. The van der Waals surface area contributed by atoms with Crippen molar-refractivity contribution in [2.45, 2.75) is 12.5 Å². The lowest BCUT2D eigenvalue weighted by atomic mass is 9.94. The second-order valence-electron chi connectivity index (χ2n) is 7.58. The maximum Gasteiger partial charge on any atom is 0.275 e. The predicted molar refractivity (Wildman–Crippen MR) is 113 cm³/mol. The fourth-order valence-corrected chi connectivity index (χ4v) is 3.74. The highest BCUT2D eigenvalue weighted by Crippen LogP contribution is 2.32. The molecule has 32 heavy (non-hydrogen) atoms. The van der Waals surface area contributed by atoms with Gasteiger partial charge < -0.3 is 24.9 Å². The smallest absolute Gasteiger partial charge is 0.275 e. The van der Waals surface area contributed by atoms with Gasteiger partial charge in [0.05, 0.1) is 24.9 Å². The summed E-state index contributed by atoms with van der Waals surface area (Å²) in [4.78, 5) is 27.2. The fourth-order valence-electron chi connectivity index (χ4n) is 3.74. The molecule has 3 N–H and O–H groups in total. The first-order valence-corrected chi connectivity index (χ1v) is 10.1. The SMILES string of the molecule is CC(O)(c1ccc2c(C(=O)N3CCOCC3)nn(-c3ccnc(N)n3)c2c1)c1ncco1. The van der Waals surface area contributed by atoms with Gasteiger partial charge in [0.2, 0.25) is 11.8 Å². The van der Waals surface area contributed by atoms with Crippen LogP contribution in [0, 0.1) is 0 Å². The number of anilines is 1. The van der Waals surface area contributed by atoms with Gasteiger partial charge in [0.1, 0.15) is 6.26 Å². The first-order chi connectivity index (χ1) is 15.4. The summed E-state index contributed by atoms with van der Waals surface area (Å²) in [6, 6.07) is 6.86. The van der Waals surface area contributed by atoms with Crippen LogP contribution in [0.2, 0.25) is 0 Å². The van der Waals surface area contributed by atoms with Gasteiger partial charge in [-0.1, -0.05) is 6.07 Å². The largest absolute Gasteiger partial charge is 0.446 e. The van der Waals surface area contributed by atoms with Crippen LogP contribution in [0.15, 0.2) is 47.3 Å². The van der Waals surface area contributed by atoms with E-state index in [9.17, 15) is 9.90 Å². The molecule has 3 aromatic heterocycles. The molecule has 4 heterocycles. The van der Waals surface area contributed by atoms with E-state index < -0.39 is 5.60 Å². The number of nitrogens with zero attached hydrogens (tertiary/aromatic N) is 6. The average molecular weight is 435 g/mol. The number of hydrogen-bond acceptors (Lipinski definition) is 9. The quantitative estimate of drug-likeness (QED) is 0.481. The van der Waals surface area contributed by atoms with E-state index in [1.54, 1.807) is 36.1 Å². The van der Waals surface area contributed by atoms with Gasteiger partial charge in [-0.25, -0.2) is 14.6 Å². The second-order valence-corrected chi connectivity index (χ2v) is 7.58. The van der Waals surface area contributed by atoms with E-state index in [4.69, 9.17) is 14.9 Å². The molecule has 0 aliphatic carbocycles. The molecule has 0 bridgehead atoms. The first kappa shape index (κ1) is 20.1. The van der Waals surface area contributed by atoms with Crippen molar-refractivity contribution in [2.24, 2.45) is 0 Å². The van der Waals surface area contributed by atoms with Gasteiger partial charge >= 0.3 is 0 Å². The summed E-state index contributed by atoms with van der Waals surface area (Å²) in [5.74, 6) is 0.427. The molecule has 0 radical (unpaired) electrons. The molecule has 11 nitrogen and oxygen atoms in total. The predicted octanol–water partition coefficient (Wildman–Crippen LogP) is 1.11. The van der Waals surface area contributed by atoms with E-state index in [0.29, 0.717) is 48.6 Å². The molecule has 5 rings (SSSR count). The van der Waals surface area contributed by atoms with Crippen LogP contribution in [0.3, 0.4) is 0 Å². The minimum absolute atomic E-state index is 0.0788. The normalized spacial score (nSPS) is 16.2. The number of nitrogen functional groups attached to an aromatic ring is 1. The Morgan fingerprint density at radius 1 is 1.19 bits per heavy atom. The lowest BCUT2D eigenvalue weighted by Gasteiger charge is -2.26. The molecule has 0 saturated carbocycles. The lowest BCUT2D eigenvalue weighted by Crippen LogP contribution is -2.41. The van der Waals surface area contributed by atoms with Crippen LogP contribution in [0.1, 0.15) is 28.9 Å². The number of aliphatic hydroxyl groups is 1. The van der Waals surface area contributed by atoms with Gasteiger partial charge in [0.25, 0.3) is 5.91 Å². The Morgan fingerprint density at radius 3 is 2.72 bits per heavy atom. The van der Waals surface area contributed by atoms with E-state index in [1.807, 2.05) is 0 Å². The van der Waals surface area contributed by atoms with Gasteiger partial charge in [-0.3, -0.25) is 4.79 Å². The Kier molecular flexibility index (Phi) is 4.83. The molecule has 1 atom stereocenters. The van der Waals surface area contributed by atoms with E-state index in [0.717, 1.165) is 0 Å². The highest BCUT2D eigenvalue weighted by atomic mass is 16.5. The Balaban J connectivity index is 1.68. The van der Waals surface area contributed by atoms with Crippen molar-refractivity contribution < 1.29 is 19.1 Å². The molecule has 164 valence electrons. The van der Waals surface area contributed by atoms with Crippen molar-refractivity contribution in [3.8, 4) is 5.82 Å². The number of morpholine rings is 1. The summed E-state index contributed by atoms with van der Waals surface area (Å²) in [7, 11) is 0. The van der Waals surface area contributed by atoms with Crippen LogP contribution in [0.4, 0.5) is 5.95 Å². The van der Waals surface area contributed by atoms with Gasteiger partial charge in [-0.2, -0.15) is 10.1 Å². The van der Waals surface area contributed by atoms with Crippen molar-refractivity contribution in [3.05, 3.63) is 60.1 Å². The zero-order chi connectivity index (χ0) is 22.3. The van der Waals surface area contributed by atoms with E-state index >= 15 is 0 Å². The summed E-state index contributed by atoms with van der Waals surface area (Å²) < 4.78 is 12.2. The molecule has 0 spiro atoms. The fraction of sp³-hybridized carbons (Fsp3) is 0.286. The lowest BCUT2D eigenvalue weighted by molar-refractivity contribution is 0.0300. The van der Waals surface area contributed by atoms with Crippen LogP contribution in [0.5, 0.6) is 0 Å². The summed E-state index contributed by atoms with van der Waals surface area (Å²) in [5, 5.41) is 16.3. The molecule has 4 aromatic rings. The number of rotatable bonds is 4. The highest BCUT2D eigenvalue weighted by molar-refractivity contribution is 6.05. The summed E-state index contributed by atoms with van der Waals surface area (Å²) in [6.07, 6.45) is 4.38. The minimum Gasteiger partial charge on any atom is -0.446 e. The first-order valence-electron chi connectivity index (χ1n) is 10.1. The van der Waals surface area contributed by atoms with Crippen molar-refractivity contribution in [1.29, 1.82) is 0 Å². The van der Waals surface area contributed by atoms with Crippen LogP contribution in [0.25, 0.3) is 16.7 Å². The Labute approximate surface area is 182 Å². The molecule has 1 aliphatic heterocycles. The van der Waals surface area contributed by atoms with Crippen molar-refractivity contribution in [2.75, 3.05) is 32.0 Å². The number of ether oxygens (including phenoxy) is 1. The van der Waals surface area contributed by atoms with Crippen LogP contribution in [-0.4, -0.2) is 66.9 Å². The summed E-state index contributed by atoms with van der Waals surface area (Å²) in [6.45, 7) is 3.53. The molecule has 1 aliphatic rings. The monoisotopic (exact) mass is 435 g/mol. The Hall–Kier alpha value is -3.83. The number of fused-ring (bicyclic) bond motifs is 1. The number of aromatic nitrogens is 5. The van der Waals surface area contributed by atoms with Gasteiger partial charge in [0, 0.05) is 30.7 Å². The number of hydrogen-bond donors (Lipinski definition) is 2. The molecule has 1 amide bonds. The number of nitrogens with two attached hydrogens (primary N) is 1. The van der Waals surface area contributed by atoms with E-state index in [-0.39, 0.29) is 23.4 Å². The zero-order valence-electron chi connectivity index (χ0n) is 17.3. The Morgan fingerprint density at radius 2 is 2.00 bits per heavy atom. The minimum atomic E-state index is -1.49. The number of oxazole rings is 1. The third-order valence-electron chi connectivity index (χ3n) is 5.47. The van der Waals surface area contributed by atoms with Crippen molar-refractivity contribution >= 4 is 22.8 Å². The van der Waals surface area contributed by atoms with Crippen molar-refractivity contribution in [3.63, 3.8) is 0 Å². The number of carbonyl (C=O) groups is 1. The number of carbonyl (C=O) groups excluding carboxylic acids is 1. The maximum absolute atomic E-state index is 13.3. The van der Waals surface area contributed by atoms with Gasteiger partial charge in [0.15, 0.2) is 17.1 Å². The molecule has 1 unspecified atom stereocenters. The van der Waals surface area contributed by atoms with Crippen LogP contribution in [-0.2, 0) is 10.3 Å². The van der Waals surface area contributed by atoms with Crippen molar-refractivity contribution in [1.82, 2.24) is 29.6 Å². The molecule has 1 aromatic carbocycles. The van der Waals surface area contributed by atoms with Gasteiger partial charge in [-0.05, 0) is 24.6 Å². The number of amides is 1. The molecule has 1 saturated heterocycles. The summed E-state index contributed by atoms with van der Waals surface area (Å²) in [5.41, 5.74) is 5.65. The van der Waals surface area contributed by atoms with Crippen LogP contribution >= 0.6 is 0 Å². The standard InChI is InChI=1S/C21H21N7O4/c1-21(30,19-23-6-9-32-19)13-2-3-14-15(12-13)28(16-4-5-24-20(22)25-16)26-17(14)18(29)27-7-10-31-11-8-27/h2-6,9,12,30H,7-8,10-11H2,1H3,(H2,22,24,25). The summed E-state index contributed by atoms with van der Waals surface area (Å²) >= 11 is 0. The van der Waals surface area contributed by atoms with Gasteiger partial charge in [-0.15, -0.1) is 0 Å². The van der Waals surface area contributed by atoms with E-state index in [2.05, 4.69) is 20.1 Å². The highest BCUT2D eigenvalue weighted by Gasteiger charge is 2.32. The van der Waals surface area contributed by atoms with Crippen LogP contribution < -0.4 is 5.73 Å².